The molecule has 0 radical (unpaired) electrons. The summed E-state index contributed by atoms with van der Waals surface area (Å²) in [6.45, 7) is -8.83. The van der Waals surface area contributed by atoms with E-state index in [2.05, 4.69) is 4.98 Å². The quantitative estimate of drug-likeness (QED) is 0.295. The fourth-order valence-electron chi connectivity index (χ4n) is 4.19. The van der Waals surface area contributed by atoms with Crippen LogP contribution in [0.15, 0.2) is 83.3 Å². The van der Waals surface area contributed by atoms with Crippen molar-refractivity contribution in [2.24, 2.45) is 0 Å². The van der Waals surface area contributed by atoms with Gasteiger partial charge in [0.05, 0.1) is 22.3 Å². The molecule has 4 heteroatoms. The summed E-state index contributed by atoms with van der Waals surface area (Å²) < 4.78 is 88.5. The van der Waals surface area contributed by atoms with E-state index in [1.54, 1.807) is 65.2 Å². The lowest BCUT2D eigenvalue weighted by molar-refractivity contribution is 0.653. The summed E-state index contributed by atoms with van der Waals surface area (Å²) in [5.74, 6) is -2.65. The van der Waals surface area contributed by atoms with Gasteiger partial charge in [-0.05, 0) is 54.7 Å². The molecule has 3 aromatic carbocycles. The van der Waals surface area contributed by atoms with Crippen molar-refractivity contribution < 1.29 is 18.1 Å². The largest absolute Gasteiger partial charge is 0.437 e. The summed E-state index contributed by atoms with van der Waals surface area (Å²) in [5, 5.41) is 1.25. The molecule has 0 bridgehead atoms. The molecule has 3 aromatic heterocycles. The fourth-order valence-corrected chi connectivity index (χ4v) is 4.19. The van der Waals surface area contributed by atoms with E-state index in [-0.39, 0.29) is 22.7 Å². The molecule has 6 rings (SSSR count). The van der Waals surface area contributed by atoms with Gasteiger partial charge in [0.15, 0.2) is 0 Å². The molecular formula is C28H23N3O. The third kappa shape index (κ3) is 2.76. The highest BCUT2D eigenvalue weighted by molar-refractivity contribution is 6.08. The molecule has 156 valence electrons. The number of rotatable bonds is 3. The summed E-state index contributed by atoms with van der Waals surface area (Å²) in [6.07, 6.45) is 0. The molecule has 0 aliphatic heterocycles. The lowest BCUT2D eigenvalue weighted by Gasteiger charge is -2.16. The fraction of sp³-hybridized carbons (Fsp3) is 0.143. The maximum atomic E-state index is 8.93. The van der Waals surface area contributed by atoms with E-state index >= 15 is 0 Å². The average Bonchev–Trinajstić information content (AvgIpc) is 3.49. The van der Waals surface area contributed by atoms with Crippen LogP contribution in [0.1, 0.15) is 44.6 Å². The molecule has 0 aliphatic rings. The van der Waals surface area contributed by atoms with Gasteiger partial charge in [0.25, 0.3) is 0 Å². The molecule has 0 saturated heterocycles. The lowest BCUT2D eigenvalue weighted by atomic mass is 10.0. The zero-order valence-corrected chi connectivity index (χ0v) is 16.8. The van der Waals surface area contributed by atoms with Crippen LogP contribution in [-0.2, 0) is 0 Å². The number of para-hydroxylation sites is 4. The van der Waals surface area contributed by atoms with E-state index in [4.69, 9.17) is 23.1 Å². The van der Waals surface area contributed by atoms with E-state index in [0.29, 0.717) is 38.8 Å². The van der Waals surface area contributed by atoms with Crippen LogP contribution in [0.4, 0.5) is 0 Å². The van der Waals surface area contributed by atoms with E-state index in [0.717, 1.165) is 0 Å². The number of imidazole rings is 1. The predicted octanol–water partition coefficient (Wildman–Crippen LogP) is 7.42. The Kier molecular flexibility index (Phi) is 2.45. The molecule has 3 heterocycles. The van der Waals surface area contributed by atoms with Crippen LogP contribution in [0, 0.1) is 6.85 Å². The Morgan fingerprint density at radius 3 is 2.66 bits per heavy atom. The SMILES string of the molecule is [2H]C([2H])([2H])c1ccc2c(n1)oc1c(-c3nc4ccccc4n3-c3ccccc3C([2H])(C([2H])([2H])[2H])C([2H])([2H])[2H])cccc12. The van der Waals surface area contributed by atoms with Crippen LogP contribution in [-0.4, -0.2) is 14.5 Å². The number of aromatic nitrogens is 3. The number of nitrogens with zero attached hydrogens (tertiary/aromatic N) is 3. The Balaban J connectivity index is 1.69. The molecule has 6 aromatic rings. The van der Waals surface area contributed by atoms with Crippen molar-refractivity contribution in [3.05, 3.63) is 90.1 Å². The van der Waals surface area contributed by atoms with Crippen LogP contribution in [0.2, 0.25) is 0 Å². The van der Waals surface area contributed by atoms with Gasteiger partial charge in [0.2, 0.25) is 5.71 Å². The highest BCUT2D eigenvalue weighted by atomic mass is 16.3. The van der Waals surface area contributed by atoms with Gasteiger partial charge in [-0.15, -0.1) is 0 Å². The van der Waals surface area contributed by atoms with Crippen LogP contribution in [0.5, 0.6) is 0 Å². The van der Waals surface area contributed by atoms with Crippen LogP contribution in [0.3, 0.4) is 0 Å². The maximum absolute atomic E-state index is 8.93. The van der Waals surface area contributed by atoms with Crippen molar-refractivity contribution in [1.29, 1.82) is 0 Å². The monoisotopic (exact) mass is 427 g/mol. The molecule has 0 saturated carbocycles. The Morgan fingerprint density at radius 2 is 1.75 bits per heavy atom. The predicted molar refractivity (Wildman–Crippen MR) is 130 cm³/mol. The Morgan fingerprint density at radius 1 is 0.875 bits per heavy atom. The lowest BCUT2D eigenvalue weighted by Crippen LogP contribution is -2.03. The maximum Gasteiger partial charge on any atom is 0.227 e. The number of aryl methyl sites for hydroxylation is 1. The van der Waals surface area contributed by atoms with Crippen molar-refractivity contribution in [1.82, 2.24) is 14.5 Å². The summed E-state index contributed by atoms with van der Waals surface area (Å²) in [5.41, 5.74) is 1.90. The van der Waals surface area contributed by atoms with Crippen LogP contribution < -0.4 is 0 Å². The Bertz CT molecular complexity index is 1970. The van der Waals surface area contributed by atoms with Crippen molar-refractivity contribution in [2.45, 2.75) is 26.4 Å². The standard InChI is InChI=1S/C28H23N3O/c1-17(2)19-9-4-6-13-24(19)31-25-14-7-5-12-23(25)30-27(31)22-11-8-10-20-21-16-15-18(3)29-28(21)32-26(20)22/h4-17H,1-3H3/i1D3,2D3,3D3,17D. The zero-order valence-electron chi connectivity index (χ0n) is 26.8. The van der Waals surface area contributed by atoms with Gasteiger partial charge in [-0.25, -0.2) is 9.97 Å². The number of furan rings is 1. The molecule has 0 amide bonds. The van der Waals surface area contributed by atoms with Gasteiger partial charge in [0, 0.05) is 30.2 Å². The summed E-state index contributed by atoms with van der Waals surface area (Å²) in [7, 11) is 0. The third-order valence-corrected chi connectivity index (χ3v) is 5.58. The molecule has 32 heavy (non-hydrogen) atoms. The van der Waals surface area contributed by atoms with Crippen molar-refractivity contribution in [3.63, 3.8) is 0 Å². The molecule has 0 atom stereocenters. The first-order chi connectivity index (χ1) is 19.6. The first-order valence-corrected chi connectivity index (χ1v) is 10.0. The molecule has 0 fully saturated rings. The van der Waals surface area contributed by atoms with Crippen molar-refractivity contribution in [2.75, 3.05) is 0 Å². The minimum Gasteiger partial charge on any atom is -0.437 e. The van der Waals surface area contributed by atoms with Gasteiger partial charge >= 0.3 is 0 Å². The van der Waals surface area contributed by atoms with E-state index in [1.807, 2.05) is 0 Å². The average molecular weight is 428 g/mol. The molecular weight excluding hydrogens is 394 g/mol. The summed E-state index contributed by atoms with van der Waals surface area (Å²) >= 11 is 0. The molecule has 0 aliphatic carbocycles. The van der Waals surface area contributed by atoms with E-state index < -0.39 is 26.4 Å². The second-order valence-electron chi connectivity index (χ2n) is 7.49. The van der Waals surface area contributed by atoms with Gasteiger partial charge in [-0.2, -0.15) is 0 Å². The minimum atomic E-state index is -3.20. The molecule has 0 N–H and O–H groups in total. The number of fused-ring (bicyclic) bond motifs is 4. The van der Waals surface area contributed by atoms with Gasteiger partial charge in [0.1, 0.15) is 11.4 Å². The van der Waals surface area contributed by atoms with Crippen molar-refractivity contribution >= 4 is 33.1 Å². The second-order valence-corrected chi connectivity index (χ2v) is 7.49. The topological polar surface area (TPSA) is 43.9 Å². The van der Waals surface area contributed by atoms with Crippen LogP contribution in [0.25, 0.3) is 50.2 Å². The van der Waals surface area contributed by atoms with Gasteiger partial charge in [-0.3, -0.25) is 4.57 Å². The smallest absolute Gasteiger partial charge is 0.227 e. The number of benzene rings is 3. The highest BCUT2D eigenvalue weighted by Gasteiger charge is 2.21. The van der Waals surface area contributed by atoms with E-state index in [1.165, 1.54) is 18.2 Å². The minimum absolute atomic E-state index is 0.113. The summed E-state index contributed by atoms with van der Waals surface area (Å²) in [4.78, 5) is 9.07. The van der Waals surface area contributed by atoms with Gasteiger partial charge in [-0.1, -0.05) is 56.2 Å². The normalized spacial score (nSPS) is 18.0. The Hall–Kier alpha value is -3.92. The van der Waals surface area contributed by atoms with Crippen molar-refractivity contribution in [3.8, 4) is 17.1 Å². The van der Waals surface area contributed by atoms with Crippen LogP contribution >= 0.6 is 0 Å². The first kappa shape index (κ1) is 11.1. The van der Waals surface area contributed by atoms with E-state index in [9.17, 15) is 0 Å². The molecule has 4 nitrogen and oxygen atoms in total. The Labute approximate surface area is 200 Å². The third-order valence-electron chi connectivity index (χ3n) is 5.58. The first-order valence-electron chi connectivity index (χ1n) is 15.0. The molecule has 0 unspecified atom stereocenters. The number of pyridine rings is 1. The summed E-state index contributed by atoms with van der Waals surface area (Å²) in [6, 6.07) is 21.6. The number of hydrogen-bond donors (Lipinski definition) is 0. The zero-order chi connectivity index (χ0) is 30.2. The number of hydrogen-bond acceptors (Lipinski definition) is 3. The van der Waals surface area contributed by atoms with Gasteiger partial charge < -0.3 is 4.42 Å². The highest BCUT2D eigenvalue weighted by Crippen LogP contribution is 2.38. The molecule has 0 spiro atoms. The second kappa shape index (κ2) is 7.06.